The molecule has 0 spiro atoms. The molecule has 0 radical (unpaired) electrons. The summed E-state index contributed by atoms with van der Waals surface area (Å²) in [4.78, 5) is 15.8. The molecule has 2 rings (SSSR count). The number of nitrogens with zero attached hydrogens (tertiary/aromatic N) is 2. The summed E-state index contributed by atoms with van der Waals surface area (Å²) in [7, 11) is 0. The molecular weight excluding hydrogens is 280 g/mol. The summed E-state index contributed by atoms with van der Waals surface area (Å²) in [5.74, 6) is 0.864. The summed E-state index contributed by atoms with van der Waals surface area (Å²) in [6.07, 6.45) is 1.76. The number of halogens is 1. The number of pyridine rings is 2. The third kappa shape index (κ3) is 2.31. The molecule has 0 amide bonds. The Morgan fingerprint density at radius 1 is 1.12 bits per heavy atom. The molecule has 2 aromatic rings. The Hall–Kier alpha value is -1.42. The standard InChI is InChI=1S/C13H13BrN2O/c1-8-4-11(14)7-15-13(8)16-9(2)5-12(17)6-10(16)3/h4-7H,1-3H3. The van der Waals surface area contributed by atoms with Gasteiger partial charge in [-0.25, -0.2) is 4.98 Å². The predicted octanol–water partition coefficient (Wildman–Crippen LogP) is 2.92. The van der Waals surface area contributed by atoms with Crippen molar-refractivity contribution in [2.24, 2.45) is 0 Å². The van der Waals surface area contributed by atoms with Crippen LogP contribution in [0, 0.1) is 20.8 Å². The van der Waals surface area contributed by atoms with Crippen LogP contribution in [0.4, 0.5) is 0 Å². The molecule has 3 nitrogen and oxygen atoms in total. The maximum absolute atomic E-state index is 11.4. The first-order valence-electron chi connectivity index (χ1n) is 5.32. The second-order valence-corrected chi connectivity index (χ2v) is 5.02. The maximum Gasteiger partial charge on any atom is 0.182 e. The van der Waals surface area contributed by atoms with Crippen molar-refractivity contribution in [3.05, 3.63) is 56.0 Å². The molecule has 0 aromatic carbocycles. The Bertz CT molecular complexity index is 606. The van der Waals surface area contributed by atoms with Crippen LogP contribution in [-0.4, -0.2) is 9.55 Å². The molecule has 0 saturated heterocycles. The summed E-state index contributed by atoms with van der Waals surface area (Å²) in [5, 5.41) is 0. The average molecular weight is 293 g/mol. The molecule has 0 unspecified atom stereocenters. The van der Waals surface area contributed by atoms with Crippen LogP contribution in [0.2, 0.25) is 0 Å². The van der Waals surface area contributed by atoms with E-state index < -0.39 is 0 Å². The molecule has 0 aliphatic heterocycles. The van der Waals surface area contributed by atoms with Crippen LogP contribution in [0.3, 0.4) is 0 Å². The van der Waals surface area contributed by atoms with Crippen LogP contribution in [0.1, 0.15) is 17.0 Å². The fourth-order valence-corrected chi connectivity index (χ4v) is 2.41. The Labute approximate surface area is 108 Å². The second kappa shape index (κ2) is 4.45. The Kier molecular flexibility index (Phi) is 3.15. The van der Waals surface area contributed by atoms with Gasteiger partial charge in [0.05, 0.1) is 0 Å². The Balaban J connectivity index is 2.73. The number of aryl methyl sites for hydroxylation is 3. The summed E-state index contributed by atoms with van der Waals surface area (Å²) in [6.45, 7) is 5.83. The van der Waals surface area contributed by atoms with E-state index in [4.69, 9.17) is 0 Å². The lowest BCUT2D eigenvalue weighted by molar-refractivity contribution is 0.876. The minimum absolute atomic E-state index is 0.0333. The fourth-order valence-electron chi connectivity index (χ4n) is 1.96. The van der Waals surface area contributed by atoms with Crippen LogP contribution >= 0.6 is 15.9 Å². The van der Waals surface area contributed by atoms with Gasteiger partial charge in [-0.3, -0.25) is 4.79 Å². The van der Waals surface area contributed by atoms with Crippen molar-refractivity contribution >= 4 is 15.9 Å². The third-order valence-corrected chi connectivity index (χ3v) is 3.07. The first-order chi connectivity index (χ1) is 7.99. The van der Waals surface area contributed by atoms with Crippen LogP contribution < -0.4 is 5.43 Å². The number of hydrogen-bond acceptors (Lipinski definition) is 2. The second-order valence-electron chi connectivity index (χ2n) is 4.10. The van der Waals surface area contributed by atoms with Gasteiger partial charge in [-0.15, -0.1) is 0 Å². The largest absolute Gasteiger partial charge is 0.303 e. The van der Waals surface area contributed by atoms with Crippen LogP contribution in [0.15, 0.2) is 33.7 Å². The normalized spacial score (nSPS) is 10.6. The van der Waals surface area contributed by atoms with Gasteiger partial charge in [0, 0.05) is 34.2 Å². The quantitative estimate of drug-likeness (QED) is 0.810. The van der Waals surface area contributed by atoms with E-state index in [1.165, 1.54) is 0 Å². The maximum atomic E-state index is 11.4. The molecule has 0 fully saturated rings. The predicted molar refractivity (Wildman–Crippen MR) is 71.7 cm³/mol. The summed E-state index contributed by atoms with van der Waals surface area (Å²) >= 11 is 3.40. The van der Waals surface area contributed by atoms with Gasteiger partial charge < -0.3 is 4.57 Å². The molecule has 0 aliphatic rings. The third-order valence-electron chi connectivity index (χ3n) is 2.64. The van der Waals surface area contributed by atoms with Crippen molar-refractivity contribution in [3.8, 4) is 5.82 Å². The van der Waals surface area contributed by atoms with Gasteiger partial charge in [0.1, 0.15) is 5.82 Å². The van der Waals surface area contributed by atoms with Crippen molar-refractivity contribution in [3.63, 3.8) is 0 Å². The van der Waals surface area contributed by atoms with Crippen molar-refractivity contribution in [1.82, 2.24) is 9.55 Å². The van der Waals surface area contributed by atoms with Gasteiger partial charge in [-0.05, 0) is 48.3 Å². The van der Waals surface area contributed by atoms with Gasteiger partial charge in [0.15, 0.2) is 5.43 Å². The molecule has 0 atom stereocenters. The smallest absolute Gasteiger partial charge is 0.182 e. The van der Waals surface area contributed by atoms with Gasteiger partial charge in [-0.2, -0.15) is 0 Å². The highest BCUT2D eigenvalue weighted by atomic mass is 79.9. The molecule has 0 bridgehead atoms. The highest BCUT2D eigenvalue weighted by Crippen LogP contribution is 2.18. The van der Waals surface area contributed by atoms with Gasteiger partial charge >= 0.3 is 0 Å². The lowest BCUT2D eigenvalue weighted by Gasteiger charge is -2.15. The molecule has 17 heavy (non-hydrogen) atoms. The lowest BCUT2D eigenvalue weighted by Crippen LogP contribution is -2.13. The molecule has 4 heteroatoms. The molecule has 0 N–H and O–H groups in total. The SMILES string of the molecule is Cc1cc(Br)cnc1-n1c(C)cc(=O)cc1C. The van der Waals surface area contributed by atoms with Crippen LogP contribution in [-0.2, 0) is 0 Å². The van der Waals surface area contributed by atoms with Crippen molar-refractivity contribution in [2.75, 3.05) is 0 Å². The summed E-state index contributed by atoms with van der Waals surface area (Å²) < 4.78 is 2.94. The molecule has 0 aliphatic carbocycles. The van der Waals surface area contributed by atoms with E-state index in [2.05, 4.69) is 20.9 Å². The topological polar surface area (TPSA) is 34.9 Å². The van der Waals surface area contributed by atoms with E-state index in [0.717, 1.165) is 27.2 Å². The van der Waals surface area contributed by atoms with E-state index in [1.807, 2.05) is 31.4 Å². The number of rotatable bonds is 1. The highest BCUT2D eigenvalue weighted by Gasteiger charge is 2.08. The molecular formula is C13H13BrN2O. The van der Waals surface area contributed by atoms with Gasteiger partial charge in [-0.1, -0.05) is 0 Å². The highest BCUT2D eigenvalue weighted by molar-refractivity contribution is 9.10. The first-order valence-corrected chi connectivity index (χ1v) is 6.11. The fraction of sp³-hybridized carbons (Fsp3) is 0.231. The monoisotopic (exact) mass is 292 g/mol. The number of aromatic nitrogens is 2. The first kappa shape index (κ1) is 12.0. The molecule has 0 saturated carbocycles. The van der Waals surface area contributed by atoms with E-state index in [0.29, 0.717) is 0 Å². The van der Waals surface area contributed by atoms with E-state index >= 15 is 0 Å². The average Bonchev–Trinajstić information content (AvgIpc) is 2.19. The van der Waals surface area contributed by atoms with Crippen LogP contribution in [0.5, 0.6) is 0 Å². The van der Waals surface area contributed by atoms with E-state index in [9.17, 15) is 4.79 Å². The van der Waals surface area contributed by atoms with Gasteiger partial charge in [0.2, 0.25) is 0 Å². The zero-order chi connectivity index (χ0) is 12.6. The summed E-state index contributed by atoms with van der Waals surface area (Å²) in [6, 6.07) is 5.26. The minimum Gasteiger partial charge on any atom is -0.303 e. The van der Waals surface area contributed by atoms with E-state index in [1.54, 1.807) is 18.3 Å². The lowest BCUT2D eigenvalue weighted by atomic mass is 10.2. The van der Waals surface area contributed by atoms with Gasteiger partial charge in [0.25, 0.3) is 0 Å². The van der Waals surface area contributed by atoms with Crippen LogP contribution in [0.25, 0.3) is 5.82 Å². The minimum atomic E-state index is 0.0333. The Morgan fingerprint density at radius 3 is 2.24 bits per heavy atom. The molecule has 2 aromatic heterocycles. The Morgan fingerprint density at radius 2 is 1.71 bits per heavy atom. The zero-order valence-corrected chi connectivity index (χ0v) is 11.6. The molecule has 2 heterocycles. The summed E-state index contributed by atoms with van der Waals surface area (Å²) in [5.41, 5.74) is 2.89. The molecule has 88 valence electrons. The van der Waals surface area contributed by atoms with E-state index in [-0.39, 0.29) is 5.43 Å². The number of hydrogen-bond donors (Lipinski definition) is 0. The van der Waals surface area contributed by atoms with Crippen molar-refractivity contribution < 1.29 is 0 Å². The zero-order valence-electron chi connectivity index (χ0n) is 9.99. The van der Waals surface area contributed by atoms with Crippen molar-refractivity contribution in [2.45, 2.75) is 20.8 Å². The van der Waals surface area contributed by atoms with Crippen molar-refractivity contribution in [1.29, 1.82) is 0 Å².